The van der Waals surface area contributed by atoms with Gasteiger partial charge < -0.3 is 15.7 Å². The highest BCUT2D eigenvalue weighted by atomic mass is 16.4. The number of nitrogens with zero attached hydrogens (tertiary/aromatic N) is 2. The molecule has 1 fully saturated rings. The van der Waals surface area contributed by atoms with Crippen LogP contribution in [0.5, 0.6) is 0 Å². The first-order valence-corrected chi connectivity index (χ1v) is 7.24. The molecule has 0 aromatic carbocycles. The molecular weight excluding hydrogens is 242 g/mol. The summed E-state index contributed by atoms with van der Waals surface area (Å²) in [5.41, 5.74) is 4.65. The molecule has 0 spiro atoms. The van der Waals surface area contributed by atoms with E-state index >= 15 is 0 Å². The van der Waals surface area contributed by atoms with E-state index in [9.17, 15) is 4.79 Å². The quantitative estimate of drug-likeness (QED) is 0.644. The molecule has 0 saturated carbocycles. The SMILES string of the molecule is CN(C)CC1CCCN1CCCCC(C)(N)C(=O)O. The Hall–Kier alpha value is -0.650. The lowest BCUT2D eigenvalue weighted by Gasteiger charge is -2.27. The molecule has 2 unspecified atom stereocenters. The Morgan fingerprint density at radius 2 is 2.16 bits per heavy atom. The zero-order chi connectivity index (χ0) is 14.5. The van der Waals surface area contributed by atoms with E-state index in [1.807, 2.05) is 0 Å². The normalized spacial score (nSPS) is 23.7. The van der Waals surface area contributed by atoms with Crippen molar-refractivity contribution in [2.75, 3.05) is 33.7 Å². The van der Waals surface area contributed by atoms with E-state index in [2.05, 4.69) is 23.9 Å². The Morgan fingerprint density at radius 1 is 1.47 bits per heavy atom. The molecule has 1 aliphatic rings. The van der Waals surface area contributed by atoms with Crippen molar-refractivity contribution in [3.05, 3.63) is 0 Å². The second-order valence-electron chi connectivity index (χ2n) is 6.27. The summed E-state index contributed by atoms with van der Waals surface area (Å²) in [6.45, 7) is 4.95. The fourth-order valence-corrected chi connectivity index (χ4v) is 2.73. The van der Waals surface area contributed by atoms with E-state index in [1.54, 1.807) is 6.92 Å². The van der Waals surface area contributed by atoms with Gasteiger partial charge in [0.25, 0.3) is 0 Å². The van der Waals surface area contributed by atoms with Crippen molar-refractivity contribution in [2.24, 2.45) is 5.73 Å². The molecule has 112 valence electrons. The molecule has 5 heteroatoms. The topological polar surface area (TPSA) is 69.8 Å². The van der Waals surface area contributed by atoms with Crippen molar-refractivity contribution < 1.29 is 9.90 Å². The molecule has 1 aliphatic heterocycles. The summed E-state index contributed by atoms with van der Waals surface area (Å²) in [7, 11) is 4.23. The van der Waals surface area contributed by atoms with Gasteiger partial charge in [0.1, 0.15) is 5.54 Å². The second-order valence-corrected chi connectivity index (χ2v) is 6.27. The smallest absolute Gasteiger partial charge is 0.323 e. The standard InChI is InChI=1S/C14H29N3O2/c1-14(15,13(18)19)8-4-5-9-17-10-6-7-12(17)11-16(2)3/h12H,4-11,15H2,1-3H3,(H,18,19). The predicted molar refractivity (Wildman–Crippen MR) is 77.2 cm³/mol. The highest BCUT2D eigenvalue weighted by Gasteiger charge is 2.28. The van der Waals surface area contributed by atoms with Crippen LogP contribution in [0, 0.1) is 0 Å². The maximum absolute atomic E-state index is 10.9. The second kappa shape index (κ2) is 7.22. The summed E-state index contributed by atoms with van der Waals surface area (Å²) in [4.78, 5) is 15.7. The number of hydrogen-bond acceptors (Lipinski definition) is 4. The maximum atomic E-state index is 10.9. The Morgan fingerprint density at radius 3 is 2.74 bits per heavy atom. The van der Waals surface area contributed by atoms with Crippen LogP contribution in [-0.2, 0) is 4.79 Å². The van der Waals surface area contributed by atoms with E-state index in [1.165, 1.54) is 19.4 Å². The Balaban J connectivity index is 2.23. The van der Waals surface area contributed by atoms with Gasteiger partial charge >= 0.3 is 5.97 Å². The molecule has 2 atom stereocenters. The molecule has 0 amide bonds. The number of nitrogens with two attached hydrogens (primary N) is 1. The third-order valence-corrected chi connectivity index (χ3v) is 3.95. The third kappa shape index (κ3) is 5.47. The summed E-state index contributed by atoms with van der Waals surface area (Å²) in [6.07, 6.45) is 5.02. The minimum Gasteiger partial charge on any atom is -0.480 e. The van der Waals surface area contributed by atoms with E-state index in [0.29, 0.717) is 12.5 Å². The Labute approximate surface area is 116 Å². The molecule has 1 saturated heterocycles. The van der Waals surface area contributed by atoms with Gasteiger partial charge in [0.05, 0.1) is 0 Å². The van der Waals surface area contributed by atoms with Crippen LogP contribution in [0.2, 0.25) is 0 Å². The van der Waals surface area contributed by atoms with Crippen LogP contribution in [-0.4, -0.2) is 66.2 Å². The van der Waals surface area contributed by atoms with Gasteiger partial charge in [-0.3, -0.25) is 9.69 Å². The van der Waals surface area contributed by atoms with Gasteiger partial charge in [0, 0.05) is 12.6 Å². The first-order chi connectivity index (χ1) is 8.83. The summed E-state index contributed by atoms with van der Waals surface area (Å²) in [5.74, 6) is -0.904. The van der Waals surface area contributed by atoms with Crippen molar-refractivity contribution >= 4 is 5.97 Å². The average molecular weight is 271 g/mol. The van der Waals surface area contributed by atoms with Crippen LogP contribution in [0.4, 0.5) is 0 Å². The van der Waals surface area contributed by atoms with Crippen LogP contribution in [0.25, 0.3) is 0 Å². The van der Waals surface area contributed by atoms with Crippen molar-refractivity contribution in [3.8, 4) is 0 Å². The first kappa shape index (κ1) is 16.4. The van der Waals surface area contributed by atoms with Gasteiger partial charge in [-0.25, -0.2) is 0 Å². The summed E-state index contributed by atoms with van der Waals surface area (Å²) in [5, 5.41) is 8.95. The monoisotopic (exact) mass is 271 g/mol. The van der Waals surface area contributed by atoms with Gasteiger partial charge in [0.15, 0.2) is 0 Å². The first-order valence-electron chi connectivity index (χ1n) is 7.24. The van der Waals surface area contributed by atoms with Gasteiger partial charge in [-0.05, 0) is 66.2 Å². The van der Waals surface area contributed by atoms with Crippen LogP contribution >= 0.6 is 0 Å². The third-order valence-electron chi connectivity index (χ3n) is 3.95. The van der Waals surface area contributed by atoms with E-state index in [-0.39, 0.29) is 0 Å². The lowest BCUT2D eigenvalue weighted by atomic mass is 9.96. The largest absolute Gasteiger partial charge is 0.480 e. The fraction of sp³-hybridized carbons (Fsp3) is 0.929. The number of carbonyl (C=O) groups is 1. The number of rotatable bonds is 8. The number of likely N-dealkylation sites (tertiary alicyclic amines) is 1. The molecule has 3 N–H and O–H groups in total. The number of carboxylic acids is 1. The number of likely N-dealkylation sites (N-methyl/N-ethyl adjacent to an activating group) is 1. The lowest BCUT2D eigenvalue weighted by molar-refractivity contribution is -0.142. The number of unbranched alkanes of at least 4 members (excludes halogenated alkanes) is 1. The summed E-state index contributed by atoms with van der Waals surface area (Å²) >= 11 is 0. The van der Waals surface area contributed by atoms with Crippen LogP contribution in [0.1, 0.15) is 39.0 Å². The molecule has 0 bridgehead atoms. The maximum Gasteiger partial charge on any atom is 0.323 e. The molecule has 0 aromatic heterocycles. The minimum atomic E-state index is -1.08. The van der Waals surface area contributed by atoms with E-state index in [4.69, 9.17) is 10.8 Å². The molecule has 0 aliphatic carbocycles. The fourth-order valence-electron chi connectivity index (χ4n) is 2.73. The molecule has 0 aromatic rings. The number of hydrogen-bond donors (Lipinski definition) is 2. The number of carboxylic acid groups (broad SMARTS) is 1. The highest BCUT2D eigenvalue weighted by Crippen LogP contribution is 2.19. The molecule has 19 heavy (non-hydrogen) atoms. The van der Waals surface area contributed by atoms with Gasteiger partial charge in [-0.15, -0.1) is 0 Å². The highest BCUT2D eigenvalue weighted by molar-refractivity contribution is 5.77. The van der Waals surface area contributed by atoms with Crippen molar-refractivity contribution in [3.63, 3.8) is 0 Å². The summed E-state index contributed by atoms with van der Waals surface area (Å²) < 4.78 is 0. The molecule has 1 heterocycles. The van der Waals surface area contributed by atoms with Crippen molar-refractivity contribution in [2.45, 2.75) is 50.6 Å². The van der Waals surface area contributed by atoms with Gasteiger partial charge in [0.2, 0.25) is 0 Å². The van der Waals surface area contributed by atoms with Crippen molar-refractivity contribution in [1.29, 1.82) is 0 Å². The minimum absolute atomic E-state index is 0.550. The number of aliphatic carboxylic acids is 1. The predicted octanol–water partition coefficient (Wildman–Crippen LogP) is 0.985. The zero-order valence-electron chi connectivity index (χ0n) is 12.6. The van der Waals surface area contributed by atoms with Crippen LogP contribution < -0.4 is 5.73 Å². The molecule has 0 radical (unpaired) electrons. The Bertz CT molecular complexity index is 292. The molecular formula is C14H29N3O2. The Kier molecular flexibility index (Phi) is 6.23. The lowest BCUT2D eigenvalue weighted by Crippen LogP contribution is -2.44. The van der Waals surface area contributed by atoms with Gasteiger partial charge in [-0.1, -0.05) is 0 Å². The molecule has 1 rings (SSSR count). The summed E-state index contributed by atoms with van der Waals surface area (Å²) in [6, 6.07) is 0.665. The average Bonchev–Trinajstić information content (AvgIpc) is 2.71. The van der Waals surface area contributed by atoms with Gasteiger partial charge in [-0.2, -0.15) is 0 Å². The van der Waals surface area contributed by atoms with Crippen LogP contribution in [0.3, 0.4) is 0 Å². The zero-order valence-corrected chi connectivity index (χ0v) is 12.6. The van der Waals surface area contributed by atoms with E-state index in [0.717, 1.165) is 25.9 Å². The van der Waals surface area contributed by atoms with Crippen LogP contribution in [0.15, 0.2) is 0 Å². The van der Waals surface area contributed by atoms with Crippen molar-refractivity contribution in [1.82, 2.24) is 9.80 Å². The molecule has 5 nitrogen and oxygen atoms in total. The van der Waals surface area contributed by atoms with E-state index < -0.39 is 11.5 Å².